The zero-order valence-corrected chi connectivity index (χ0v) is 14.9. The van der Waals surface area contributed by atoms with Gasteiger partial charge < -0.3 is 15.5 Å². The van der Waals surface area contributed by atoms with Gasteiger partial charge in [0.1, 0.15) is 6.04 Å². The molecule has 1 heterocycles. The molecule has 0 bridgehead atoms. The molecule has 1 fully saturated rings. The van der Waals surface area contributed by atoms with E-state index in [-0.39, 0.29) is 29.7 Å². The molecular formula is C16H30N4O3. The third kappa shape index (κ3) is 6.56. The van der Waals surface area contributed by atoms with Crippen molar-refractivity contribution in [2.45, 2.75) is 46.7 Å². The predicted molar refractivity (Wildman–Crippen MR) is 88.7 cm³/mol. The van der Waals surface area contributed by atoms with E-state index in [1.54, 1.807) is 4.90 Å². The van der Waals surface area contributed by atoms with Crippen molar-refractivity contribution in [3.05, 3.63) is 0 Å². The van der Waals surface area contributed by atoms with Crippen molar-refractivity contribution in [1.29, 1.82) is 0 Å². The Bertz CT molecular complexity index is 429. The van der Waals surface area contributed by atoms with Gasteiger partial charge in [0.25, 0.3) is 0 Å². The molecule has 1 aliphatic rings. The van der Waals surface area contributed by atoms with Crippen molar-refractivity contribution in [1.82, 2.24) is 20.4 Å². The fourth-order valence-electron chi connectivity index (χ4n) is 2.63. The fourth-order valence-corrected chi connectivity index (χ4v) is 2.63. The molecule has 0 radical (unpaired) electrons. The summed E-state index contributed by atoms with van der Waals surface area (Å²) in [6.45, 7) is 12.0. The summed E-state index contributed by atoms with van der Waals surface area (Å²) < 4.78 is 0. The Balaban J connectivity index is 2.49. The topological polar surface area (TPSA) is 81.8 Å². The van der Waals surface area contributed by atoms with Gasteiger partial charge in [-0.1, -0.05) is 13.8 Å². The molecule has 132 valence electrons. The van der Waals surface area contributed by atoms with Gasteiger partial charge in [-0.05, 0) is 19.8 Å². The van der Waals surface area contributed by atoms with E-state index in [4.69, 9.17) is 0 Å². The van der Waals surface area contributed by atoms with Crippen LogP contribution >= 0.6 is 0 Å². The zero-order chi connectivity index (χ0) is 17.6. The first kappa shape index (κ1) is 19.4. The quantitative estimate of drug-likeness (QED) is 0.709. The van der Waals surface area contributed by atoms with Gasteiger partial charge in [-0.2, -0.15) is 0 Å². The van der Waals surface area contributed by atoms with Gasteiger partial charge >= 0.3 is 0 Å². The minimum atomic E-state index is -0.483. The second-order valence-corrected chi connectivity index (χ2v) is 6.75. The maximum atomic E-state index is 12.6. The lowest BCUT2D eigenvalue weighted by Crippen LogP contribution is -2.57. The van der Waals surface area contributed by atoms with Gasteiger partial charge in [0.2, 0.25) is 17.7 Å². The number of rotatable bonds is 6. The molecule has 0 aromatic rings. The Morgan fingerprint density at radius 2 is 1.52 bits per heavy atom. The van der Waals surface area contributed by atoms with Gasteiger partial charge in [0, 0.05) is 39.1 Å². The Morgan fingerprint density at radius 1 is 0.957 bits per heavy atom. The van der Waals surface area contributed by atoms with Gasteiger partial charge in [0.05, 0.1) is 6.54 Å². The van der Waals surface area contributed by atoms with E-state index in [0.717, 1.165) is 0 Å². The van der Waals surface area contributed by atoms with Crippen LogP contribution in [0.3, 0.4) is 0 Å². The van der Waals surface area contributed by atoms with Crippen LogP contribution in [-0.2, 0) is 14.4 Å². The molecule has 2 N–H and O–H groups in total. The summed E-state index contributed by atoms with van der Waals surface area (Å²) >= 11 is 0. The van der Waals surface area contributed by atoms with Crippen molar-refractivity contribution in [2.24, 2.45) is 5.92 Å². The smallest absolute Gasteiger partial charge is 0.245 e. The van der Waals surface area contributed by atoms with Crippen LogP contribution in [-0.4, -0.2) is 72.3 Å². The van der Waals surface area contributed by atoms with Crippen molar-refractivity contribution in [3.8, 4) is 0 Å². The second kappa shape index (κ2) is 8.86. The minimum Gasteiger partial charge on any atom is -0.353 e. The summed E-state index contributed by atoms with van der Waals surface area (Å²) in [5.41, 5.74) is 0. The molecule has 23 heavy (non-hydrogen) atoms. The predicted octanol–water partition coefficient (Wildman–Crippen LogP) is -0.184. The number of carbonyl (C=O) groups is 3. The number of nitrogens with one attached hydrogen (secondary N) is 2. The highest BCUT2D eigenvalue weighted by Crippen LogP contribution is 2.09. The minimum absolute atomic E-state index is 0.0121. The second-order valence-electron chi connectivity index (χ2n) is 6.75. The number of hydrogen-bond acceptors (Lipinski definition) is 4. The van der Waals surface area contributed by atoms with E-state index < -0.39 is 6.04 Å². The molecule has 0 aliphatic carbocycles. The van der Waals surface area contributed by atoms with E-state index in [1.807, 2.05) is 32.6 Å². The van der Waals surface area contributed by atoms with E-state index in [0.29, 0.717) is 32.7 Å². The normalized spacial score (nSPS) is 17.3. The lowest BCUT2D eigenvalue weighted by molar-refractivity contribution is -0.139. The fraction of sp³-hybridized carbons (Fsp3) is 0.812. The summed E-state index contributed by atoms with van der Waals surface area (Å²) in [7, 11) is 0. The largest absolute Gasteiger partial charge is 0.353 e. The SMILES string of the molecule is CC(=O)NC(C(=O)N1CCN(CC(=O)NC(C)C)CC1)C(C)C. The standard InChI is InChI=1S/C16H30N4O3/c1-11(2)15(18-13(5)21)16(23)20-8-6-19(7-9-20)10-14(22)17-12(3)4/h11-12,15H,6-10H2,1-5H3,(H,17,22)(H,18,21). The lowest BCUT2D eigenvalue weighted by atomic mass is 10.0. The average molecular weight is 326 g/mol. The molecule has 1 saturated heterocycles. The zero-order valence-electron chi connectivity index (χ0n) is 14.9. The highest BCUT2D eigenvalue weighted by Gasteiger charge is 2.30. The highest BCUT2D eigenvalue weighted by molar-refractivity contribution is 5.87. The highest BCUT2D eigenvalue weighted by atomic mass is 16.2. The molecule has 7 nitrogen and oxygen atoms in total. The van der Waals surface area contributed by atoms with Crippen molar-refractivity contribution >= 4 is 17.7 Å². The van der Waals surface area contributed by atoms with Crippen LogP contribution in [0.25, 0.3) is 0 Å². The van der Waals surface area contributed by atoms with Crippen LogP contribution in [0.1, 0.15) is 34.6 Å². The Kier molecular flexibility index (Phi) is 7.48. The third-order valence-corrected chi connectivity index (χ3v) is 3.79. The summed E-state index contributed by atoms with van der Waals surface area (Å²) in [5, 5.41) is 5.60. The first-order chi connectivity index (χ1) is 10.7. The van der Waals surface area contributed by atoms with Gasteiger partial charge in [-0.15, -0.1) is 0 Å². The summed E-state index contributed by atoms with van der Waals surface area (Å²) in [6, 6.07) is -0.349. The Morgan fingerprint density at radius 3 is 1.96 bits per heavy atom. The molecule has 1 aliphatic heterocycles. The number of carbonyl (C=O) groups excluding carboxylic acids is 3. The maximum absolute atomic E-state index is 12.6. The number of hydrogen-bond donors (Lipinski definition) is 2. The molecule has 0 aromatic heterocycles. The molecule has 1 atom stereocenters. The van der Waals surface area contributed by atoms with Crippen LogP contribution in [0.15, 0.2) is 0 Å². The van der Waals surface area contributed by atoms with Gasteiger partial charge in [-0.3, -0.25) is 19.3 Å². The third-order valence-electron chi connectivity index (χ3n) is 3.79. The van der Waals surface area contributed by atoms with E-state index in [2.05, 4.69) is 10.6 Å². The van der Waals surface area contributed by atoms with Crippen molar-refractivity contribution in [3.63, 3.8) is 0 Å². The lowest BCUT2D eigenvalue weighted by Gasteiger charge is -2.37. The molecule has 7 heteroatoms. The van der Waals surface area contributed by atoms with E-state index in [1.165, 1.54) is 6.92 Å². The molecule has 0 aromatic carbocycles. The number of amides is 3. The first-order valence-corrected chi connectivity index (χ1v) is 8.28. The monoisotopic (exact) mass is 326 g/mol. The Labute approximate surface area is 138 Å². The van der Waals surface area contributed by atoms with Gasteiger partial charge in [0.15, 0.2) is 0 Å². The van der Waals surface area contributed by atoms with Crippen molar-refractivity contribution in [2.75, 3.05) is 32.7 Å². The summed E-state index contributed by atoms with van der Waals surface area (Å²) in [5.74, 6) is -0.179. The summed E-state index contributed by atoms with van der Waals surface area (Å²) in [6.07, 6.45) is 0. The van der Waals surface area contributed by atoms with Crippen LogP contribution in [0.5, 0.6) is 0 Å². The maximum Gasteiger partial charge on any atom is 0.245 e. The van der Waals surface area contributed by atoms with Gasteiger partial charge in [-0.25, -0.2) is 0 Å². The van der Waals surface area contributed by atoms with Crippen LogP contribution in [0.2, 0.25) is 0 Å². The van der Waals surface area contributed by atoms with E-state index >= 15 is 0 Å². The molecular weight excluding hydrogens is 296 g/mol. The molecule has 0 saturated carbocycles. The number of nitrogens with zero attached hydrogens (tertiary/aromatic N) is 2. The Hall–Kier alpha value is -1.63. The molecule has 1 rings (SSSR count). The van der Waals surface area contributed by atoms with Crippen LogP contribution in [0.4, 0.5) is 0 Å². The van der Waals surface area contributed by atoms with E-state index in [9.17, 15) is 14.4 Å². The average Bonchev–Trinajstić information content (AvgIpc) is 2.43. The molecule has 3 amide bonds. The van der Waals surface area contributed by atoms with Crippen LogP contribution in [0, 0.1) is 5.92 Å². The van der Waals surface area contributed by atoms with Crippen LogP contribution < -0.4 is 10.6 Å². The molecule has 0 spiro atoms. The van der Waals surface area contributed by atoms with Crippen molar-refractivity contribution < 1.29 is 14.4 Å². The number of piperazine rings is 1. The summed E-state index contributed by atoms with van der Waals surface area (Å²) in [4.78, 5) is 39.4. The molecule has 1 unspecified atom stereocenters. The first-order valence-electron chi connectivity index (χ1n) is 8.28.